The number of thiophene rings is 1. The molecule has 0 saturated heterocycles. The van der Waals surface area contributed by atoms with E-state index < -0.39 is 18.0 Å². The van der Waals surface area contributed by atoms with E-state index >= 15 is 0 Å². The van der Waals surface area contributed by atoms with Gasteiger partial charge in [-0.15, -0.1) is 11.3 Å². The van der Waals surface area contributed by atoms with Crippen LogP contribution in [-0.4, -0.2) is 11.9 Å². The van der Waals surface area contributed by atoms with Crippen LogP contribution in [0.25, 0.3) is 0 Å². The molecule has 0 aliphatic heterocycles. The van der Waals surface area contributed by atoms with Gasteiger partial charge in [-0.3, -0.25) is 4.79 Å². The second-order valence-electron chi connectivity index (χ2n) is 5.34. The summed E-state index contributed by atoms with van der Waals surface area (Å²) in [7, 11) is 0. The van der Waals surface area contributed by atoms with E-state index in [1.165, 1.54) is 17.6 Å². The number of carbonyl (C=O) groups excluding carboxylic acids is 2. The molecule has 0 fully saturated rings. The number of nitrogens with two attached hydrogens (primary N) is 1. The zero-order valence-corrected chi connectivity index (χ0v) is 14.2. The minimum atomic E-state index is -1.07. The first-order chi connectivity index (χ1) is 12.0. The molecule has 1 unspecified atom stereocenters. The van der Waals surface area contributed by atoms with Gasteiger partial charge in [0.25, 0.3) is 5.91 Å². The van der Waals surface area contributed by atoms with Crippen molar-refractivity contribution in [1.29, 1.82) is 0 Å². The lowest BCUT2D eigenvalue weighted by Crippen LogP contribution is -2.25. The maximum Gasteiger partial charge on any atom is 0.375 e. The Hall–Kier alpha value is -3.06. The number of nitrogen functional groups attached to an aromatic ring is 1. The Bertz CT molecular complexity index is 869. The molecule has 3 aromatic rings. The van der Waals surface area contributed by atoms with E-state index in [0.717, 1.165) is 0 Å². The minimum absolute atomic E-state index is 0.0850. The number of nitrogens with one attached hydrogen (secondary N) is 1. The first-order valence-electron chi connectivity index (χ1n) is 7.49. The molecule has 7 heteroatoms. The van der Waals surface area contributed by atoms with E-state index in [1.54, 1.807) is 49.4 Å². The molecule has 3 N–H and O–H groups in total. The van der Waals surface area contributed by atoms with Crippen molar-refractivity contribution in [3.8, 4) is 0 Å². The van der Waals surface area contributed by atoms with E-state index in [2.05, 4.69) is 5.32 Å². The molecule has 0 spiro atoms. The predicted octanol–water partition coefficient (Wildman–Crippen LogP) is 3.77. The van der Waals surface area contributed by atoms with Crippen LogP contribution in [0.4, 0.5) is 11.4 Å². The van der Waals surface area contributed by atoms with Crippen LogP contribution < -0.4 is 11.1 Å². The number of hydrogen-bond donors (Lipinski definition) is 2. The number of anilines is 2. The summed E-state index contributed by atoms with van der Waals surface area (Å²) < 4.78 is 10.6. The van der Waals surface area contributed by atoms with Gasteiger partial charge in [0.2, 0.25) is 11.9 Å². The molecule has 0 aliphatic carbocycles. The summed E-state index contributed by atoms with van der Waals surface area (Å²) in [6.45, 7) is 1.73. The summed E-state index contributed by atoms with van der Waals surface area (Å²) in [4.78, 5) is 25.6. The fourth-order valence-corrected chi connectivity index (χ4v) is 2.95. The Kier molecular flexibility index (Phi) is 4.85. The summed E-state index contributed by atoms with van der Waals surface area (Å²) >= 11 is 1.33. The van der Waals surface area contributed by atoms with Crippen LogP contribution in [0.2, 0.25) is 0 Å². The predicted molar refractivity (Wildman–Crippen MR) is 95.4 cm³/mol. The molecule has 2 aromatic heterocycles. The maximum atomic E-state index is 12.6. The zero-order chi connectivity index (χ0) is 17.8. The Morgan fingerprint density at radius 1 is 1.20 bits per heavy atom. The topological polar surface area (TPSA) is 94.6 Å². The van der Waals surface area contributed by atoms with Gasteiger partial charge in [-0.05, 0) is 48.7 Å². The number of hydrogen-bond acceptors (Lipinski definition) is 6. The van der Waals surface area contributed by atoms with Crippen molar-refractivity contribution < 1.29 is 18.7 Å². The van der Waals surface area contributed by atoms with Crippen molar-refractivity contribution >= 4 is 34.6 Å². The molecule has 1 atom stereocenters. The summed E-state index contributed by atoms with van der Waals surface area (Å²) in [6, 6.07) is 11.9. The zero-order valence-electron chi connectivity index (χ0n) is 13.4. The van der Waals surface area contributed by atoms with Gasteiger partial charge in [-0.1, -0.05) is 6.07 Å². The third-order valence-electron chi connectivity index (χ3n) is 3.49. The number of benzene rings is 1. The van der Waals surface area contributed by atoms with Crippen molar-refractivity contribution in [2.75, 3.05) is 11.1 Å². The van der Waals surface area contributed by atoms with Gasteiger partial charge < -0.3 is 20.2 Å². The molecule has 6 nitrogen and oxygen atoms in total. The van der Waals surface area contributed by atoms with E-state index in [4.69, 9.17) is 14.9 Å². The fourth-order valence-electron chi connectivity index (χ4n) is 2.20. The Morgan fingerprint density at radius 3 is 2.56 bits per heavy atom. The molecule has 2 heterocycles. The number of rotatable bonds is 5. The van der Waals surface area contributed by atoms with Gasteiger partial charge in [0.05, 0.1) is 11.1 Å². The molecule has 128 valence electrons. The molecule has 0 saturated carbocycles. The lowest BCUT2D eigenvalue weighted by molar-refractivity contribution is -0.124. The highest BCUT2D eigenvalue weighted by molar-refractivity contribution is 7.10. The van der Waals surface area contributed by atoms with Crippen LogP contribution >= 0.6 is 11.3 Å². The second kappa shape index (κ2) is 7.23. The van der Waals surface area contributed by atoms with E-state index in [1.807, 2.05) is 5.38 Å². The van der Waals surface area contributed by atoms with E-state index in [9.17, 15) is 9.59 Å². The molecule has 1 amide bonds. The highest BCUT2D eigenvalue weighted by Crippen LogP contribution is 2.26. The maximum absolute atomic E-state index is 12.6. The molecule has 0 aliphatic rings. The molecular weight excluding hydrogens is 340 g/mol. The average molecular weight is 356 g/mol. The Balaban J connectivity index is 1.80. The normalized spacial score (nSPS) is 11.7. The van der Waals surface area contributed by atoms with Crippen LogP contribution in [0.3, 0.4) is 0 Å². The molecule has 0 radical (unpaired) electrons. The largest absolute Gasteiger partial charge is 0.457 e. The first-order valence-corrected chi connectivity index (χ1v) is 8.37. The number of esters is 1. The van der Waals surface area contributed by atoms with Gasteiger partial charge in [-0.2, -0.15) is 0 Å². The first kappa shape index (κ1) is 16.8. The van der Waals surface area contributed by atoms with E-state index in [0.29, 0.717) is 21.8 Å². The highest BCUT2D eigenvalue weighted by atomic mass is 32.1. The standard InChI is InChI=1S/C18H16N2O4S/c1-11-8-9-23-15(11)18(22)24-16(14-3-2-10-25-14)17(21)20-13-6-4-12(19)5-7-13/h2-10,16H,19H2,1H3,(H,20,21). The van der Waals surface area contributed by atoms with Gasteiger partial charge in [0.15, 0.2) is 0 Å². The van der Waals surface area contributed by atoms with Crippen LogP contribution in [0.1, 0.15) is 27.1 Å². The second-order valence-corrected chi connectivity index (χ2v) is 6.32. The Morgan fingerprint density at radius 2 is 1.96 bits per heavy atom. The van der Waals surface area contributed by atoms with Crippen LogP contribution in [0.15, 0.2) is 58.5 Å². The lowest BCUT2D eigenvalue weighted by atomic mass is 10.2. The number of ether oxygens (including phenoxy) is 1. The van der Waals surface area contributed by atoms with Crippen molar-refractivity contribution in [3.05, 3.63) is 70.3 Å². The average Bonchev–Trinajstić information content (AvgIpc) is 3.26. The molecule has 1 aromatic carbocycles. The number of amides is 1. The van der Waals surface area contributed by atoms with Crippen LogP contribution in [0.5, 0.6) is 0 Å². The smallest absolute Gasteiger partial charge is 0.375 e. The number of carbonyl (C=O) groups is 2. The third-order valence-corrected chi connectivity index (χ3v) is 4.41. The lowest BCUT2D eigenvalue weighted by Gasteiger charge is -2.16. The van der Waals surface area contributed by atoms with Gasteiger partial charge >= 0.3 is 5.97 Å². The molecule has 25 heavy (non-hydrogen) atoms. The Labute approximate surface area is 148 Å². The SMILES string of the molecule is Cc1ccoc1C(=O)OC(C(=O)Nc1ccc(N)cc1)c1cccs1. The third kappa shape index (κ3) is 3.89. The van der Waals surface area contributed by atoms with Crippen molar-refractivity contribution in [1.82, 2.24) is 0 Å². The molecule has 3 rings (SSSR count). The highest BCUT2D eigenvalue weighted by Gasteiger charge is 2.28. The summed E-state index contributed by atoms with van der Waals surface area (Å²) in [5, 5.41) is 4.54. The van der Waals surface area contributed by atoms with Gasteiger partial charge in [0, 0.05) is 16.9 Å². The number of aryl methyl sites for hydroxylation is 1. The number of furan rings is 1. The summed E-state index contributed by atoms with van der Waals surface area (Å²) in [5.74, 6) is -1.06. The molecular formula is C18H16N2O4S. The quantitative estimate of drug-likeness (QED) is 0.536. The van der Waals surface area contributed by atoms with Gasteiger partial charge in [0.1, 0.15) is 0 Å². The van der Waals surface area contributed by atoms with Gasteiger partial charge in [-0.25, -0.2) is 4.79 Å². The fraction of sp³-hybridized carbons (Fsp3) is 0.111. The summed E-state index contributed by atoms with van der Waals surface area (Å²) in [5.41, 5.74) is 7.44. The monoisotopic (exact) mass is 356 g/mol. The minimum Gasteiger partial charge on any atom is -0.457 e. The van der Waals surface area contributed by atoms with Crippen LogP contribution in [0, 0.1) is 6.92 Å². The van der Waals surface area contributed by atoms with Crippen molar-refractivity contribution in [2.24, 2.45) is 0 Å². The van der Waals surface area contributed by atoms with Crippen LogP contribution in [-0.2, 0) is 9.53 Å². The van der Waals surface area contributed by atoms with Crippen molar-refractivity contribution in [3.63, 3.8) is 0 Å². The van der Waals surface area contributed by atoms with Crippen molar-refractivity contribution in [2.45, 2.75) is 13.0 Å². The molecule has 0 bridgehead atoms. The van der Waals surface area contributed by atoms with E-state index in [-0.39, 0.29) is 5.76 Å². The summed E-state index contributed by atoms with van der Waals surface area (Å²) in [6.07, 6.45) is 0.329.